The highest BCUT2D eigenvalue weighted by Gasteiger charge is 2.20. The van der Waals surface area contributed by atoms with Gasteiger partial charge in [0.25, 0.3) is 0 Å². The van der Waals surface area contributed by atoms with Crippen LogP contribution in [0.3, 0.4) is 0 Å². The maximum atomic E-state index is 12.6. The molecule has 0 spiro atoms. The van der Waals surface area contributed by atoms with Crippen molar-refractivity contribution in [2.75, 3.05) is 13.2 Å². The second-order valence-electron chi connectivity index (χ2n) is 27.8. The first kappa shape index (κ1) is 84.6. The smallest absolute Gasteiger partial charge is 0.305 e. The van der Waals surface area contributed by atoms with Crippen molar-refractivity contribution in [3.05, 3.63) is 12.2 Å². The minimum absolute atomic E-state index is 0.0170. The van der Waals surface area contributed by atoms with Gasteiger partial charge in [-0.25, -0.2) is 0 Å². The van der Waals surface area contributed by atoms with E-state index in [1.54, 1.807) is 0 Å². The number of rotatable bonds is 76. The van der Waals surface area contributed by atoms with E-state index in [2.05, 4.69) is 31.3 Å². The quantitative estimate of drug-likeness (QED) is 0.0320. The van der Waals surface area contributed by atoms with Crippen LogP contribution in [0.25, 0.3) is 0 Å². The molecule has 0 aromatic rings. The molecule has 0 saturated carbocycles. The fourth-order valence-electron chi connectivity index (χ4n) is 13.0. The molecule has 0 heterocycles. The first-order chi connectivity index (χ1) is 42.5. The Morgan fingerprint density at radius 3 is 0.826 bits per heavy atom. The number of hydrogen-bond acceptors (Lipinski definition) is 5. The summed E-state index contributed by atoms with van der Waals surface area (Å²) in [6, 6.07) is -0.540. The van der Waals surface area contributed by atoms with Gasteiger partial charge in [0, 0.05) is 12.8 Å². The lowest BCUT2D eigenvalue weighted by Crippen LogP contribution is -2.45. The number of carbonyl (C=O) groups excluding carboxylic acids is 2. The van der Waals surface area contributed by atoms with Crippen LogP contribution in [0, 0.1) is 0 Å². The summed E-state index contributed by atoms with van der Waals surface area (Å²) in [7, 11) is 0. The van der Waals surface area contributed by atoms with Crippen molar-refractivity contribution in [1.82, 2.24) is 5.32 Å². The van der Waals surface area contributed by atoms with Gasteiger partial charge in [-0.3, -0.25) is 9.59 Å². The second kappa shape index (κ2) is 76.1. The molecule has 0 bridgehead atoms. The van der Waals surface area contributed by atoms with Gasteiger partial charge in [-0.05, 0) is 51.4 Å². The predicted octanol–water partition coefficient (Wildman–Crippen LogP) is 26.3. The zero-order chi connectivity index (χ0) is 62.0. The lowest BCUT2D eigenvalue weighted by Gasteiger charge is -2.22. The van der Waals surface area contributed by atoms with Crippen molar-refractivity contribution < 1.29 is 24.5 Å². The topological polar surface area (TPSA) is 95.9 Å². The largest absolute Gasteiger partial charge is 0.466 e. The van der Waals surface area contributed by atoms with Crippen LogP contribution >= 0.6 is 0 Å². The van der Waals surface area contributed by atoms with Gasteiger partial charge in [-0.2, -0.15) is 0 Å². The fourth-order valence-corrected chi connectivity index (χ4v) is 13.0. The minimum Gasteiger partial charge on any atom is -0.466 e. The molecule has 0 aromatic heterocycles. The number of ether oxygens (including phenoxy) is 1. The van der Waals surface area contributed by atoms with E-state index in [0.717, 1.165) is 44.9 Å². The van der Waals surface area contributed by atoms with Gasteiger partial charge in [0.05, 0.1) is 25.4 Å². The molecule has 0 saturated heterocycles. The summed E-state index contributed by atoms with van der Waals surface area (Å²) in [6.45, 7) is 5.01. The second-order valence-corrected chi connectivity index (χ2v) is 27.8. The number of hydrogen-bond donors (Lipinski definition) is 3. The third kappa shape index (κ3) is 71.7. The number of carbonyl (C=O) groups is 2. The highest BCUT2D eigenvalue weighted by atomic mass is 16.5. The van der Waals surface area contributed by atoms with E-state index in [4.69, 9.17) is 4.74 Å². The van der Waals surface area contributed by atoms with Gasteiger partial charge in [0.2, 0.25) is 5.91 Å². The number of aliphatic hydroxyl groups excluding tert-OH is 2. The van der Waals surface area contributed by atoms with Crippen molar-refractivity contribution in [3.63, 3.8) is 0 Å². The van der Waals surface area contributed by atoms with Crippen LogP contribution in [0.5, 0.6) is 0 Å². The Morgan fingerprint density at radius 1 is 0.314 bits per heavy atom. The molecule has 0 radical (unpaired) electrons. The van der Waals surface area contributed by atoms with Crippen molar-refractivity contribution in [2.45, 2.75) is 475 Å². The number of amides is 1. The molecule has 6 heteroatoms. The van der Waals surface area contributed by atoms with E-state index in [-0.39, 0.29) is 18.5 Å². The van der Waals surface area contributed by atoms with Crippen LogP contribution in [0.1, 0.15) is 463 Å². The summed E-state index contributed by atoms with van der Waals surface area (Å²) in [5, 5.41) is 23.5. The van der Waals surface area contributed by atoms with Gasteiger partial charge in [-0.1, -0.05) is 411 Å². The van der Waals surface area contributed by atoms with Crippen LogP contribution in [0.15, 0.2) is 12.2 Å². The summed E-state index contributed by atoms with van der Waals surface area (Å²) >= 11 is 0. The van der Waals surface area contributed by atoms with Crippen molar-refractivity contribution in [3.8, 4) is 0 Å². The number of nitrogens with one attached hydrogen (secondary N) is 1. The third-order valence-corrected chi connectivity index (χ3v) is 19.1. The van der Waals surface area contributed by atoms with E-state index >= 15 is 0 Å². The van der Waals surface area contributed by atoms with E-state index in [9.17, 15) is 19.8 Å². The van der Waals surface area contributed by atoms with Crippen molar-refractivity contribution in [2.24, 2.45) is 0 Å². The van der Waals surface area contributed by atoms with E-state index < -0.39 is 12.1 Å². The molecule has 2 atom stereocenters. The van der Waals surface area contributed by atoms with Gasteiger partial charge in [-0.15, -0.1) is 0 Å². The molecule has 86 heavy (non-hydrogen) atoms. The molecular formula is C80H157NO5. The summed E-state index contributed by atoms with van der Waals surface area (Å²) in [5.74, 6) is -0.00867. The Hall–Kier alpha value is -1.40. The molecular weight excluding hydrogens is 1050 g/mol. The molecule has 0 aliphatic carbocycles. The Kier molecular flexibility index (Phi) is 74.8. The first-order valence-electron chi connectivity index (χ1n) is 39.9. The molecule has 0 fully saturated rings. The molecule has 512 valence electrons. The van der Waals surface area contributed by atoms with Gasteiger partial charge >= 0.3 is 5.97 Å². The molecule has 6 nitrogen and oxygen atoms in total. The Balaban J connectivity index is 3.34. The zero-order valence-corrected chi connectivity index (χ0v) is 58.8. The molecule has 1 amide bonds. The van der Waals surface area contributed by atoms with E-state index in [1.807, 2.05) is 0 Å². The molecule has 2 unspecified atom stereocenters. The van der Waals surface area contributed by atoms with Gasteiger partial charge in [0.1, 0.15) is 0 Å². The van der Waals surface area contributed by atoms with Gasteiger partial charge in [0.15, 0.2) is 0 Å². The van der Waals surface area contributed by atoms with Crippen LogP contribution in [0.4, 0.5) is 0 Å². The van der Waals surface area contributed by atoms with Crippen LogP contribution in [-0.2, 0) is 14.3 Å². The number of aliphatic hydroxyl groups is 2. The highest BCUT2D eigenvalue weighted by Crippen LogP contribution is 2.20. The molecule has 0 aliphatic heterocycles. The summed E-state index contributed by atoms with van der Waals surface area (Å²) in [5.41, 5.74) is 0. The summed E-state index contributed by atoms with van der Waals surface area (Å²) < 4.78 is 5.51. The Bertz CT molecular complexity index is 1300. The third-order valence-electron chi connectivity index (χ3n) is 19.1. The van der Waals surface area contributed by atoms with Crippen molar-refractivity contribution in [1.29, 1.82) is 0 Å². The first-order valence-corrected chi connectivity index (χ1v) is 39.9. The standard InChI is InChI=1S/C80H157NO5/c1-3-5-7-9-11-13-15-17-19-21-22-23-24-31-34-37-41-44-48-52-56-60-64-68-72-78(83)77(76-82)81-79(84)73-69-65-61-57-53-49-45-42-38-35-32-29-27-25-26-28-30-33-36-39-43-47-51-55-59-63-67-71-75-86-80(85)74-70-66-62-58-54-50-46-40-20-18-16-14-12-10-8-6-4-2/h18,20,77-78,82-83H,3-17,19,21-76H2,1-2H3,(H,81,84)/b20-18-. The maximum absolute atomic E-state index is 12.6. The maximum Gasteiger partial charge on any atom is 0.305 e. The predicted molar refractivity (Wildman–Crippen MR) is 380 cm³/mol. The Morgan fingerprint density at radius 2 is 0.547 bits per heavy atom. The SMILES string of the molecule is CCCCCCCC/C=C\CCCCCCCCCC(=O)OCCCCCCCCCCCCCCCCCCCCCCCCCCCCCCC(=O)NC(CO)C(O)CCCCCCCCCCCCCCCCCCCCCCCCCC. The van der Waals surface area contributed by atoms with Crippen LogP contribution in [0.2, 0.25) is 0 Å². The van der Waals surface area contributed by atoms with Crippen molar-refractivity contribution >= 4 is 11.9 Å². The monoisotopic (exact) mass is 1210 g/mol. The van der Waals surface area contributed by atoms with Crippen LogP contribution in [-0.4, -0.2) is 47.4 Å². The normalized spacial score (nSPS) is 12.5. The van der Waals surface area contributed by atoms with E-state index in [1.165, 1.54) is 385 Å². The fraction of sp³-hybridized carbons (Fsp3) is 0.950. The van der Waals surface area contributed by atoms with Crippen LogP contribution < -0.4 is 5.32 Å². The lowest BCUT2D eigenvalue weighted by molar-refractivity contribution is -0.143. The van der Waals surface area contributed by atoms with E-state index in [0.29, 0.717) is 25.9 Å². The zero-order valence-electron chi connectivity index (χ0n) is 58.8. The molecule has 0 aromatic carbocycles. The molecule has 0 aliphatic rings. The average Bonchev–Trinajstić information content (AvgIpc) is 3.53. The highest BCUT2D eigenvalue weighted by molar-refractivity contribution is 5.76. The number of unbranched alkanes of at least 4 members (excludes halogenated alkanes) is 63. The molecule has 3 N–H and O–H groups in total. The number of allylic oxidation sites excluding steroid dienone is 2. The van der Waals surface area contributed by atoms with Gasteiger partial charge < -0.3 is 20.3 Å². The summed E-state index contributed by atoms with van der Waals surface area (Å²) in [6.07, 6.45) is 95.9. The average molecular weight is 1210 g/mol. The Labute approximate surface area is 539 Å². The summed E-state index contributed by atoms with van der Waals surface area (Å²) in [4.78, 5) is 24.7. The number of esters is 1. The molecule has 0 rings (SSSR count). The lowest BCUT2D eigenvalue weighted by atomic mass is 10.0. The minimum atomic E-state index is -0.663.